The largest absolute Gasteiger partial charge is 0.242 e. The van der Waals surface area contributed by atoms with Crippen molar-refractivity contribution in [3.8, 4) is 22.5 Å². The second-order valence-electron chi connectivity index (χ2n) is 6.04. The first-order valence-corrected chi connectivity index (χ1v) is 8.44. The summed E-state index contributed by atoms with van der Waals surface area (Å²) in [5.41, 5.74) is 6.70. The number of hydrogen-bond donors (Lipinski definition) is 0. The molecule has 5 aromatic rings. The fourth-order valence-corrected chi connectivity index (χ4v) is 3.11. The van der Waals surface area contributed by atoms with Crippen molar-refractivity contribution in [2.24, 2.45) is 0 Å². The third-order valence-corrected chi connectivity index (χ3v) is 4.36. The second-order valence-corrected chi connectivity index (χ2v) is 6.04. The monoisotopic (exact) mass is 334 g/mol. The predicted molar refractivity (Wildman–Crippen MR) is 104 cm³/mol. The van der Waals surface area contributed by atoms with E-state index in [0.29, 0.717) is 0 Å². The molecule has 2 heterocycles. The van der Waals surface area contributed by atoms with Crippen molar-refractivity contribution < 1.29 is 0 Å². The van der Waals surface area contributed by atoms with Gasteiger partial charge in [-0.15, -0.1) is 10.2 Å². The lowest BCUT2D eigenvalue weighted by Gasteiger charge is -2.09. The highest BCUT2D eigenvalue weighted by atomic mass is 15.1. The summed E-state index contributed by atoms with van der Waals surface area (Å²) in [6.07, 6.45) is 0. The SMILES string of the molecule is c1ccc(-c2nnc(-c3ccccc3)c3nc4ccccc4nc23)cc1. The predicted octanol–water partition coefficient (Wildman–Crippen LogP) is 4.91. The normalized spacial score (nSPS) is 11.1. The van der Waals surface area contributed by atoms with Gasteiger partial charge in [-0.3, -0.25) is 0 Å². The van der Waals surface area contributed by atoms with E-state index in [9.17, 15) is 0 Å². The molecule has 4 nitrogen and oxygen atoms in total. The van der Waals surface area contributed by atoms with Gasteiger partial charge in [-0.25, -0.2) is 9.97 Å². The smallest absolute Gasteiger partial charge is 0.121 e. The van der Waals surface area contributed by atoms with Crippen molar-refractivity contribution in [2.75, 3.05) is 0 Å². The fraction of sp³-hybridized carbons (Fsp3) is 0. The molecule has 0 atom stereocenters. The number of hydrogen-bond acceptors (Lipinski definition) is 4. The van der Waals surface area contributed by atoms with Crippen LogP contribution in [0.4, 0.5) is 0 Å². The second kappa shape index (κ2) is 6.01. The maximum Gasteiger partial charge on any atom is 0.121 e. The zero-order valence-corrected chi connectivity index (χ0v) is 13.9. The molecule has 0 saturated heterocycles. The summed E-state index contributed by atoms with van der Waals surface area (Å²) in [5, 5.41) is 9.02. The van der Waals surface area contributed by atoms with E-state index in [0.717, 1.165) is 44.6 Å². The van der Waals surface area contributed by atoms with Crippen LogP contribution in [0.5, 0.6) is 0 Å². The molecule has 0 fully saturated rings. The Kier molecular flexibility index (Phi) is 3.39. The Morgan fingerprint density at radius 1 is 0.423 bits per heavy atom. The summed E-state index contributed by atoms with van der Waals surface area (Å²) in [6, 6.07) is 27.9. The van der Waals surface area contributed by atoms with E-state index in [2.05, 4.69) is 10.2 Å². The van der Waals surface area contributed by atoms with Gasteiger partial charge in [-0.1, -0.05) is 72.8 Å². The van der Waals surface area contributed by atoms with E-state index < -0.39 is 0 Å². The van der Waals surface area contributed by atoms with Gasteiger partial charge in [0, 0.05) is 11.1 Å². The Morgan fingerprint density at radius 3 is 1.23 bits per heavy atom. The standard InChI is InChI=1S/C22H14N4/c1-3-9-15(10-4-1)19-21-22(24-18-14-8-7-13-17(18)23-21)20(26-25-19)16-11-5-2-6-12-16/h1-14H. The van der Waals surface area contributed by atoms with Gasteiger partial charge in [-0.2, -0.15) is 0 Å². The van der Waals surface area contributed by atoms with E-state index in [-0.39, 0.29) is 0 Å². The molecule has 0 aliphatic rings. The van der Waals surface area contributed by atoms with Gasteiger partial charge in [0.1, 0.15) is 22.4 Å². The minimum absolute atomic E-state index is 0.749. The first-order chi connectivity index (χ1) is 12.9. The maximum absolute atomic E-state index is 4.88. The van der Waals surface area contributed by atoms with E-state index >= 15 is 0 Å². The molecule has 26 heavy (non-hydrogen) atoms. The van der Waals surface area contributed by atoms with Crippen LogP contribution in [0.3, 0.4) is 0 Å². The summed E-state index contributed by atoms with van der Waals surface area (Å²) >= 11 is 0. The number of fused-ring (bicyclic) bond motifs is 2. The van der Waals surface area contributed by atoms with Crippen LogP contribution in [0, 0.1) is 0 Å². The molecule has 0 unspecified atom stereocenters. The summed E-state index contributed by atoms with van der Waals surface area (Å²) < 4.78 is 0. The quantitative estimate of drug-likeness (QED) is 0.431. The molecular weight excluding hydrogens is 320 g/mol. The molecule has 0 radical (unpaired) electrons. The minimum atomic E-state index is 0.749. The zero-order chi connectivity index (χ0) is 17.3. The number of para-hydroxylation sites is 2. The van der Waals surface area contributed by atoms with Crippen LogP contribution in [-0.4, -0.2) is 20.2 Å². The highest BCUT2D eigenvalue weighted by Crippen LogP contribution is 2.31. The number of rotatable bonds is 2. The lowest BCUT2D eigenvalue weighted by molar-refractivity contribution is 1.05. The molecule has 122 valence electrons. The lowest BCUT2D eigenvalue weighted by atomic mass is 10.1. The van der Waals surface area contributed by atoms with Crippen molar-refractivity contribution in [1.29, 1.82) is 0 Å². The van der Waals surface area contributed by atoms with Crippen LogP contribution in [0.1, 0.15) is 0 Å². The summed E-state index contributed by atoms with van der Waals surface area (Å²) in [7, 11) is 0. The van der Waals surface area contributed by atoms with Gasteiger partial charge in [0.05, 0.1) is 11.0 Å². The van der Waals surface area contributed by atoms with Crippen LogP contribution in [0.25, 0.3) is 44.6 Å². The van der Waals surface area contributed by atoms with Crippen LogP contribution >= 0.6 is 0 Å². The van der Waals surface area contributed by atoms with Crippen molar-refractivity contribution in [3.05, 3.63) is 84.9 Å². The average Bonchev–Trinajstić information content (AvgIpc) is 2.73. The van der Waals surface area contributed by atoms with Gasteiger partial charge in [0.2, 0.25) is 0 Å². The van der Waals surface area contributed by atoms with Gasteiger partial charge in [-0.05, 0) is 12.1 Å². The molecule has 0 saturated carbocycles. The number of nitrogens with zero attached hydrogens (tertiary/aromatic N) is 4. The summed E-state index contributed by atoms with van der Waals surface area (Å²) in [6.45, 7) is 0. The third-order valence-electron chi connectivity index (χ3n) is 4.36. The Labute approximate surface area is 150 Å². The molecular formula is C22H14N4. The van der Waals surface area contributed by atoms with Crippen LogP contribution in [0.15, 0.2) is 84.9 Å². The molecule has 0 aliphatic heterocycles. The van der Waals surface area contributed by atoms with Crippen LogP contribution in [-0.2, 0) is 0 Å². The molecule has 0 amide bonds. The first-order valence-electron chi connectivity index (χ1n) is 8.44. The summed E-state index contributed by atoms with van der Waals surface area (Å²) in [4.78, 5) is 9.75. The Bertz CT molecular complexity index is 1120. The van der Waals surface area contributed by atoms with E-state index in [1.54, 1.807) is 0 Å². The van der Waals surface area contributed by atoms with Crippen molar-refractivity contribution in [1.82, 2.24) is 20.2 Å². The molecule has 0 spiro atoms. The molecule has 0 N–H and O–H groups in total. The molecule has 0 bridgehead atoms. The maximum atomic E-state index is 4.88. The zero-order valence-electron chi connectivity index (χ0n) is 13.9. The summed E-state index contributed by atoms with van der Waals surface area (Å²) in [5.74, 6) is 0. The van der Waals surface area contributed by atoms with Gasteiger partial charge < -0.3 is 0 Å². The van der Waals surface area contributed by atoms with Crippen molar-refractivity contribution in [2.45, 2.75) is 0 Å². The fourth-order valence-electron chi connectivity index (χ4n) is 3.11. The van der Waals surface area contributed by atoms with E-state index in [1.807, 2.05) is 84.9 Å². The number of aromatic nitrogens is 4. The van der Waals surface area contributed by atoms with Crippen LogP contribution in [0.2, 0.25) is 0 Å². The highest BCUT2D eigenvalue weighted by molar-refractivity contribution is 6.00. The topological polar surface area (TPSA) is 51.6 Å². The average molecular weight is 334 g/mol. The van der Waals surface area contributed by atoms with E-state index in [1.165, 1.54) is 0 Å². The molecule has 3 aromatic carbocycles. The van der Waals surface area contributed by atoms with Gasteiger partial charge in [0.25, 0.3) is 0 Å². The van der Waals surface area contributed by atoms with E-state index in [4.69, 9.17) is 9.97 Å². The first kappa shape index (κ1) is 14.7. The molecule has 4 heteroatoms. The molecule has 2 aromatic heterocycles. The molecule has 5 rings (SSSR count). The van der Waals surface area contributed by atoms with Crippen LogP contribution < -0.4 is 0 Å². The van der Waals surface area contributed by atoms with Gasteiger partial charge in [0.15, 0.2) is 0 Å². The van der Waals surface area contributed by atoms with Crippen molar-refractivity contribution in [3.63, 3.8) is 0 Å². The number of benzene rings is 3. The molecule has 0 aliphatic carbocycles. The third kappa shape index (κ3) is 2.40. The minimum Gasteiger partial charge on any atom is -0.242 e. The highest BCUT2D eigenvalue weighted by Gasteiger charge is 2.16. The Morgan fingerprint density at radius 2 is 0.808 bits per heavy atom. The Hall–Kier alpha value is -3.66. The lowest BCUT2D eigenvalue weighted by Crippen LogP contribution is -1.99. The van der Waals surface area contributed by atoms with Crippen molar-refractivity contribution >= 4 is 22.1 Å². The Balaban J connectivity index is 1.90. The van der Waals surface area contributed by atoms with Gasteiger partial charge >= 0.3 is 0 Å².